The molecule has 1 aromatic carbocycles. The van der Waals surface area contributed by atoms with Gasteiger partial charge in [0, 0.05) is 6.54 Å². The molecule has 0 aliphatic carbocycles. The van der Waals surface area contributed by atoms with Crippen molar-refractivity contribution in [2.75, 3.05) is 25.1 Å². The van der Waals surface area contributed by atoms with Gasteiger partial charge in [-0.25, -0.2) is 0 Å². The molecule has 1 heterocycles. The Hall–Kier alpha value is -2.10. The van der Waals surface area contributed by atoms with E-state index in [1.54, 1.807) is 11.0 Å². The van der Waals surface area contributed by atoms with Crippen molar-refractivity contribution in [3.63, 3.8) is 0 Å². The van der Waals surface area contributed by atoms with Crippen molar-refractivity contribution in [2.45, 2.75) is 13.0 Å². The highest BCUT2D eigenvalue weighted by molar-refractivity contribution is 5.99. The monoisotopic (exact) mass is 260 g/mol. The van der Waals surface area contributed by atoms with E-state index in [4.69, 9.17) is 15.8 Å². The number of anilines is 1. The summed E-state index contributed by atoms with van der Waals surface area (Å²) in [7, 11) is 0. The molecule has 1 aliphatic heterocycles. The number of benzene rings is 1. The first-order valence-corrected chi connectivity index (χ1v) is 6.03. The Morgan fingerprint density at radius 2 is 2.42 bits per heavy atom. The molecule has 0 saturated carbocycles. The summed E-state index contributed by atoms with van der Waals surface area (Å²) in [5, 5.41) is 8.85. The van der Waals surface area contributed by atoms with Crippen molar-refractivity contribution in [1.29, 1.82) is 5.26 Å². The number of carbonyl (C=O) groups excluding carboxylic acids is 1. The number of nitrogen functional groups attached to an aromatic ring is 1. The standard InChI is InChI=1S/C13H16N4O2/c1-9-2-3-11(12(6-9)16-15)13(18)17-4-5-19-10(7-14)8-17/h2-3,6,10,16H,4-5,8,15H2,1H3. The highest BCUT2D eigenvalue weighted by atomic mass is 16.5. The van der Waals surface area contributed by atoms with Crippen LogP contribution in [0.15, 0.2) is 18.2 Å². The van der Waals surface area contributed by atoms with Gasteiger partial charge in [-0.2, -0.15) is 5.26 Å². The number of hydrogen-bond acceptors (Lipinski definition) is 5. The Labute approximate surface area is 111 Å². The second-order valence-electron chi connectivity index (χ2n) is 4.43. The summed E-state index contributed by atoms with van der Waals surface area (Å²) in [5.41, 5.74) is 4.65. The number of rotatable bonds is 2. The number of morpholine rings is 1. The van der Waals surface area contributed by atoms with Crippen LogP contribution in [0.2, 0.25) is 0 Å². The Morgan fingerprint density at radius 3 is 3.11 bits per heavy atom. The number of amides is 1. The van der Waals surface area contributed by atoms with Gasteiger partial charge in [0.05, 0.1) is 30.5 Å². The molecule has 1 saturated heterocycles. The highest BCUT2D eigenvalue weighted by Gasteiger charge is 2.26. The lowest BCUT2D eigenvalue weighted by molar-refractivity contribution is 0.00351. The van der Waals surface area contributed by atoms with Crippen LogP contribution in [0.5, 0.6) is 0 Å². The molecule has 1 fully saturated rings. The number of nitrogens with one attached hydrogen (secondary N) is 1. The van der Waals surface area contributed by atoms with E-state index in [9.17, 15) is 4.79 Å². The third kappa shape index (κ3) is 2.84. The molecule has 0 radical (unpaired) electrons. The Bertz CT molecular complexity index is 524. The van der Waals surface area contributed by atoms with Crippen LogP contribution in [0.25, 0.3) is 0 Å². The number of hydrazine groups is 1. The topological polar surface area (TPSA) is 91.4 Å². The van der Waals surface area contributed by atoms with Gasteiger partial charge in [0.1, 0.15) is 0 Å². The maximum atomic E-state index is 12.4. The molecular weight excluding hydrogens is 244 g/mol. The minimum absolute atomic E-state index is 0.142. The third-order valence-corrected chi connectivity index (χ3v) is 3.06. The first-order valence-electron chi connectivity index (χ1n) is 6.03. The van der Waals surface area contributed by atoms with E-state index >= 15 is 0 Å². The number of nitriles is 1. The van der Waals surface area contributed by atoms with Crippen molar-refractivity contribution in [1.82, 2.24) is 4.90 Å². The van der Waals surface area contributed by atoms with Crippen LogP contribution in [0, 0.1) is 18.3 Å². The van der Waals surface area contributed by atoms with E-state index in [0.717, 1.165) is 5.56 Å². The quantitative estimate of drug-likeness (QED) is 0.601. The molecule has 1 aromatic rings. The Morgan fingerprint density at radius 1 is 1.63 bits per heavy atom. The average molecular weight is 260 g/mol. The lowest BCUT2D eigenvalue weighted by atomic mass is 10.1. The summed E-state index contributed by atoms with van der Waals surface area (Å²) in [6.07, 6.45) is -0.558. The van der Waals surface area contributed by atoms with Gasteiger partial charge >= 0.3 is 0 Å². The normalized spacial score (nSPS) is 18.8. The molecule has 1 atom stereocenters. The molecule has 6 nitrogen and oxygen atoms in total. The smallest absolute Gasteiger partial charge is 0.256 e. The number of hydrogen-bond donors (Lipinski definition) is 2. The Balaban J connectivity index is 2.22. The van der Waals surface area contributed by atoms with Crippen LogP contribution < -0.4 is 11.3 Å². The first-order chi connectivity index (χ1) is 9.15. The number of nitrogens with two attached hydrogens (primary N) is 1. The molecule has 1 amide bonds. The van der Waals surface area contributed by atoms with Crippen LogP contribution >= 0.6 is 0 Å². The van der Waals surface area contributed by atoms with E-state index in [1.807, 2.05) is 25.1 Å². The maximum absolute atomic E-state index is 12.4. The molecule has 1 unspecified atom stereocenters. The van der Waals surface area contributed by atoms with Crippen LogP contribution in [0.4, 0.5) is 5.69 Å². The summed E-state index contributed by atoms with van der Waals surface area (Å²) in [6.45, 7) is 3.07. The van der Waals surface area contributed by atoms with Crippen LogP contribution in [0.1, 0.15) is 15.9 Å². The van der Waals surface area contributed by atoms with Gasteiger partial charge in [0.25, 0.3) is 5.91 Å². The second-order valence-corrected chi connectivity index (χ2v) is 4.43. The minimum Gasteiger partial charge on any atom is -0.360 e. The molecule has 0 aromatic heterocycles. The molecule has 6 heteroatoms. The van der Waals surface area contributed by atoms with Gasteiger partial charge in [0.2, 0.25) is 0 Å². The van der Waals surface area contributed by atoms with Crippen molar-refractivity contribution in [3.8, 4) is 6.07 Å². The van der Waals surface area contributed by atoms with Crippen molar-refractivity contribution in [3.05, 3.63) is 29.3 Å². The predicted molar refractivity (Wildman–Crippen MR) is 70.2 cm³/mol. The first kappa shape index (κ1) is 13.3. The van der Waals surface area contributed by atoms with E-state index < -0.39 is 6.10 Å². The van der Waals surface area contributed by atoms with Crippen molar-refractivity contribution < 1.29 is 9.53 Å². The number of ether oxygens (including phenoxy) is 1. The van der Waals surface area contributed by atoms with Gasteiger partial charge in [-0.05, 0) is 24.6 Å². The zero-order valence-electron chi connectivity index (χ0n) is 10.7. The fourth-order valence-electron chi connectivity index (χ4n) is 2.05. The number of carbonyl (C=O) groups is 1. The van der Waals surface area contributed by atoms with Crippen LogP contribution in [-0.4, -0.2) is 36.6 Å². The van der Waals surface area contributed by atoms with E-state index in [-0.39, 0.29) is 12.5 Å². The number of nitrogens with zero attached hydrogens (tertiary/aromatic N) is 2. The summed E-state index contributed by atoms with van der Waals surface area (Å²) in [5.74, 6) is 5.30. The zero-order valence-corrected chi connectivity index (χ0v) is 10.7. The van der Waals surface area contributed by atoms with Gasteiger partial charge in [0.15, 0.2) is 6.10 Å². The fraction of sp³-hybridized carbons (Fsp3) is 0.385. The van der Waals surface area contributed by atoms with E-state index in [0.29, 0.717) is 24.4 Å². The van der Waals surface area contributed by atoms with Gasteiger partial charge in [-0.3, -0.25) is 10.6 Å². The lowest BCUT2D eigenvalue weighted by Crippen LogP contribution is -2.45. The maximum Gasteiger partial charge on any atom is 0.256 e. The average Bonchev–Trinajstić information content (AvgIpc) is 2.46. The van der Waals surface area contributed by atoms with Crippen molar-refractivity contribution >= 4 is 11.6 Å². The molecule has 2 rings (SSSR count). The van der Waals surface area contributed by atoms with Gasteiger partial charge in [-0.1, -0.05) is 6.07 Å². The fourth-order valence-corrected chi connectivity index (χ4v) is 2.05. The van der Waals surface area contributed by atoms with Crippen molar-refractivity contribution in [2.24, 2.45) is 5.84 Å². The molecule has 100 valence electrons. The second kappa shape index (κ2) is 5.69. The summed E-state index contributed by atoms with van der Waals surface area (Å²) >= 11 is 0. The molecule has 0 spiro atoms. The predicted octanol–water partition coefficient (Wildman–Crippen LogP) is 0.645. The number of aryl methyl sites for hydroxylation is 1. The van der Waals surface area contributed by atoms with Gasteiger partial charge in [-0.15, -0.1) is 0 Å². The highest BCUT2D eigenvalue weighted by Crippen LogP contribution is 2.19. The summed E-state index contributed by atoms with van der Waals surface area (Å²) in [4.78, 5) is 14.0. The molecule has 19 heavy (non-hydrogen) atoms. The lowest BCUT2D eigenvalue weighted by Gasteiger charge is -2.30. The molecular formula is C13H16N4O2. The van der Waals surface area contributed by atoms with Crippen LogP contribution in [0.3, 0.4) is 0 Å². The molecule has 3 N–H and O–H groups in total. The minimum atomic E-state index is -0.558. The SMILES string of the molecule is Cc1ccc(C(=O)N2CCOC(C#N)C2)c(NN)c1. The van der Waals surface area contributed by atoms with Crippen LogP contribution in [-0.2, 0) is 4.74 Å². The molecule has 1 aliphatic rings. The third-order valence-electron chi connectivity index (χ3n) is 3.06. The summed E-state index contributed by atoms with van der Waals surface area (Å²) < 4.78 is 5.22. The zero-order chi connectivity index (χ0) is 13.8. The Kier molecular flexibility index (Phi) is 4.00. The largest absolute Gasteiger partial charge is 0.360 e. The molecule has 0 bridgehead atoms. The van der Waals surface area contributed by atoms with E-state index in [2.05, 4.69) is 5.43 Å². The van der Waals surface area contributed by atoms with E-state index in [1.165, 1.54) is 0 Å². The van der Waals surface area contributed by atoms with Gasteiger partial charge < -0.3 is 15.1 Å². The summed E-state index contributed by atoms with van der Waals surface area (Å²) in [6, 6.07) is 7.43.